The Hall–Kier alpha value is -4.21. The van der Waals surface area contributed by atoms with E-state index in [1.165, 1.54) is 49.8 Å². The summed E-state index contributed by atoms with van der Waals surface area (Å²) in [7, 11) is 1.53. The monoisotopic (exact) mass is 563 g/mol. The fraction of sp³-hybridized carbons (Fsp3) is 0.387. The summed E-state index contributed by atoms with van der Waals surface area (Å²) in [6.07, 6.45) is 2.46. The number of anilines is 1. The maximum absolute atomic E-state index is 15.6. The number of hydrogen-bond donors (Lipinski definition) is 1. The molecule has 1 aromatic heterocycles. The quantitative estimate of drug-likeness (QED) is 0.288. The number of nitrogens with two attached hydrogens (primary N) is 1. The van der Waals surface area contributed by atoms with Gasteiger partial charge in [-0.3, -0.25) is 9.79 Å². The number of hydrogen-bond acceptors (Lipinski definition) is 7. The maximum Gasteiger partial charge on any atom is 0.410 e. The lowest BCUT2D eigenvalue weighted by atomic mass is 9.83. The number of ether oxygens (including phenoxy) is 1. The third-order valence-electron chi connectivity index (χ3n) is 7.20. The molecule has 3 aromatic rings. The fourth-order valence-electron chi connectivity index (χ4n) is 5.28. The first-order chi connectivity index (χ1) is 19.4. The highest BCUT2D eigenvalue weighted by Gasteiger charge is 2.36. The van der Waals surface area contributed by atoms with Crippen molar-refractivity contribution in [3.63, 3.8) is 0 Å². The molecule has 0 saturated carbocycles. The molecule has 1 saturated heterocycles. The van der Waals surface area contributed by atoms with Crippen molar-refractivity contribution in [1.29, 1.82) is 0 Å². The van der Waals surface area contributed by atoms with Crippen LogP contribution in [0.2, 0.25) is 0 Å². The average molecular weight is 564 g/mol. The molecule has 216 valence electrons. The van der Waals surface area contributed by atoms with Gasteiger partial charge in [-0.2, -0.15) is 0 Å². The zero-order valence-corrected chi connectivity index (χ0v) is 23.9. The standard InChI is InChI=1S/C31H35F2N5O3/c1-6-22(20-13-14-38(16-20)30(40)41-31(2,3)4)27-25(29(34)37-17-36-27)26(35-5)23-12-9-19(15-24(23)33)28(39)18-7-10-21(32)11-8-18/h7-12,15,17,20,22H,6,13-14,16H2,1-5H3,(H2,34,36,37)/b35-26-. The summed E-state index contributed by atoms with van der Waals surface area (Å²) in [6, 6.07) is 9.19. The van der Waals surface area contributed by atoms with Crippen LogP contribution in [-0.2, 0) is 4.74 Å². The van der Waals surface area contributed by atoms with E-state index in [0.29, 0.717) is 30.8 Å². The van der Waals surface area contributed by atoms with Crippen molar-refractivity contribution in [2.45, 2.75) is 52.1 Å². The van der Waals surface area contributed by atoms with Gasteiger partial charge in [-0.1, -0.05) is 13.0 Å². The first kappa shape index (κ1) is 29.8. The topological polar surface area (TPSA) is 111 Å². The number of nitrogen functional groups attached to an aromatic ring is 1. The van der Waals surface area contributed by atoms with Crippen LogP contribution in [0.25, 0.3) is 0 Å². The van der Waals surface area contributed by atoms with Crippen molar-refractivity contribution >= 4 is 23.4 Å². The Bertz CT molecular complexity index is 1470. The predicted molar refractivity (Wildman–Crippen MR) is 153 cm³/mol. The number of benzene rings is 2. The number of likely N-dealkylation sites (tertiary alicyclic amines) is 1. The zero-order chi connectivity index (χ0) is 29.9. The molecule has 1 aliphatic rings. The molecule has 2 atom stereocenters. The lowest BCUT2D eigenvalue weighted by Crippen LogP contribution is -2.35. The van der Waals surface area contributed by atoms with E-state index in [1.54, 1.807) is 4.90 Å². The number of nitrogens with zero attached hydrogens (tertiary/aromatic N) is 4. The van der Waals surface area contributed by atoms with Gasteiger partial charge in [0.1, 0.15) is 29.4 Å². The van der Waals surface area contributed by atoms with Gasteiger partial charge in [-0.05, 0) is 75.9 Å². The van der Waals surface area contributed by atoms with E-state index in [-0.39, 0.29) is 46.1 Å². The number of halogens is 2. The van der Waals surface area contributed by atoms with Crippen molar-refractivity contribution in [1.82, 2.24) is 14.9 Å². The summed E-state index contributed by atoms with van der Waals surface area (Å²) >= 11 is 0. The number of rotatable bonds is 7. The van der Waals surface area contributed by atoms with E-state index in [1.807, 2.05) is 27.7 Å². The van der Waals surface area contributed by atoms with E-state index in [9.17, 15) is 14.0 Å². The third kappa shape index (κ3) is 6.58. The number of amides is 1. The summed E-state index contributed by atoms with van der Waals surface area (Å²) in [6.45, 7) is 8.57. The summed E-state index contributed by atoms with van der Waals surface area (Å²) in [5.41, 5.74) is 7.59. The van der Waals surface area contributed by atoms with E-state index in [2.05, 4.69) is 15.0 Å². The smallest absolute Gasteiger partial charge is 0.410 e. The first-order valence-corrected chi connectivity index (χ1v) is 13.6. The normalized spacial score (nSPS) is 16.5. The Balaban J connectivity index is 1.65. The van der Waals surface area contributed by atoms with Gasteiger partial charge >= 0.3 is 6.09 Å². The Morgan fingerprint density at radius 1 is 1.12 bits per heavy atom. The summed E-state index contributed by atoms with van der Waals surface area (Å²) in [5, 5.41) is 0. The predicted octanol–water partition coefficient (Wildman–Crippen LogP) is 5.79. The Morgan fingerprint density at radius 3 is 2.41 bits per heavy atom. The fourth-order valence-corrected chi connectivity index (χ4v) is 5.28. The highest BCUT2D eigenvalue weighted by atomic mass is 19.1. The van der Waals surface area contributed by atoms with Crippen LogP contribution in [0, 0.1) is 17.6 Å². The highest BCUT2D eigenvalue weighted by Crippen LogP contribution is 2.37. The van der Waals surface area contributed by atoms with Crippen molar-refractivity contribution in [3.8, 4) is 0 Å². The Morgan fingerprint density at radius 2 is 1.80 bits per heavy atom. The molecule has 1 amide bonds. The lowest BCUT2D eigenvalue weighted by Gasteiger charge is -2.27. The number of carbonyl (C=O) groups excluding carboxylic acids is 2. The third-order valence-corrected chi connectivity index (χ3v) is 7.20. The molecule has 4 rings (SSSR count). The minimum atomic E-state index is -0.669. The van der Waals surface area contributed by atoms with Gasteiger partial charge in [0, 0.05) is 42.7 Å². The summed E-state index contributed by atoms with van der Waals surface area (Å²) in [5.74, 6) is -1.46. The Kier molecular flexibility index (Phi) is 8.80. The minimum absolute atomic E-state index is 0.0687. The van der Waals surface area contributed by atoms with Gasteiger partial charge in [0.05, 0.1) is 17.0 Å². The zero-order valence-electron chi connectivity index (χ0n) is 23.9. The van der Waals surface area contributed by atoms with Crippen molar-refractivity contribution < 1.29 is 23.1 Å². The molecule has 10 heteroatoms. The van der Waals surface area contributed by atoms with Crippen LogP contribution in [0.3, 0.4) is 0 Å². The molecule has 0 bridgehead atoms. The second kappa shape index (κ2) is 12.1. The van der Waals surface area contributed by atoms with Crippen LogP contribution >= 0.6 is 0 Å². The molecule has 0 radical (unpaired) electrons. The Labute approximate surface area is 238 Å². The maximum atomic E-state index is 15.6. The van der Waals surface area contributed by atoms with Crippen LogP contribution in [-0.4, -0.2) is 58.2 Å². The van der Waals surface area contributed by atoms with Gasteiger partial charge in [0.2, 0.25) is 0 Å². The minimum Gasteiger partial charge on any atom is -0.444 e. The number of ketones is 1. The molecule has 2 heterocycles. The van der Waals surface area contributed by atoms with Crippen molar-refractivity contribution in [3.05, 3.63) is 88.4 Å². The first-order valence-electron chi connectivity index (χ1n) is 13.6. The molecule has 0 spiro atoms. The van der Waals surface area contributed by atoms with Crippen LogP contribution in [0.4, 0.5) is 19.4 Å². The van der Waals surface area contributed by atoms with Crippen molar-refractivity contribution in [2.75, 3.05) is 25.9 Å². The molecule has 2 N–H and O–H groups in total. The number of aliphatic imine (C=N–C) groups is 1. The summed E-state index contributed by atoms with van der Waals surface area (Å²) in [4.78, 5) is 40.4. The molecular weight excluding hydrogens is 528 g/mol. The van der Waals surface area contributed by atoms with E-state index >= 15 is 4.39 Å². The molecule has 2 aromatic carbocycles. The molecule has 41 heavy (non-hydrogen) atoms. The lowest BCUT2D eigenvalue weighted by molar-refractivity contribution is 0.0286. The van der Waals surface area contributed by atoms with Crippen LogP contribution in [0.15, 0.2) is 53.8 Å². The van der Waals surface area contributed by atoms with Gasteiger partial charge in [-0.25, -0.2) is 23.5 Å². The van der Waals surface area contributed by atoms with Crippen molar-refractivity contribution in [2.24, 2.45) is 10.9 Å². The van der Waals surface area contributed by atoms with Crippen LogP contribution < -0.4 is 5.73 Å². The second-order valence-electron chi connectivity index (χ2n) is 11.1. The van der Waals surface area contributed by atoms with Gasteiger partial charge < -0.3 is 15.4 Å². The SMILES string of the molecule is CCC(c1ncnc(N)c1/C(=N\C)c1ccc(C(=O)c2ccc(F)cc2)cc1F)C1CCN(C(=O)OC(C)(C)C)C1. The molecule has 1 fully saturated rings. The van der Waals surface area contributed by atoms with E-state index < -0.39 is 23.0 Å². The van der Waals surface area contributed by atoms with E-state index in [0.717, 1.165) is 12.5 Å². The van der Waals surface area contributed by atoms with Crippen LogP contribution in [0.5, 0.6) is 0 Å². The number of carbonyl (C=O) groups is 2. The van der Waals surface area contributed by atoms with E-state index in [4.69, 9.17) is 10.5 Å². The highest BCUT2D eigenvalue weighted by molar-refractivity contribution is 6.17. The molecule has 0 aliphatic carbocycles. The average Bonchev–Trinajstić information content (AvgIpc) is 3.41. The van der Waals surface area contributed by atoms with Crippen LogP contribution in [0.1, 0.15) is 79.2 Å². The van der Waals surface area contributed by atoms with Gasteiger partial charge in [0.25, 0.3) is 0 Å². The second-order valence-corrected chi connectivity index (χ2v) is 11.1. The largest absolute Gasteiger partial charge is 0.444 e. The summed E-state index contributed by atoms with van der Waals surface area (Å²) < 4.78 is 34.5. The molecule has 2 unspecified atom stereocenters. The molecule has 1 aliphatic heterocycles. The van der Waals surface area contributed by atoms with Gasteiger partial charge in [0.15, 0.2) is 5.78 Å². The molecule has 8 nitrogen and oxygen atoms in total. The number of aromatic nitrogens is 2. The van der Waals surface area contributed by atoms with Gasteiger partial charge in [-0.15, -0.1) is 0 Å². The molecular formula is C31H35F2N5O3.